The Morgan fingerprint density at radius 2 is 1.87 bits per heavy atom. The molecule has 0 fully saturated rings. The zero-order chi connectivity index (χ0) is 21.3. The second-order valence-corrected chi connectivity index (χ2v) is 7.28. The lowest BCUT2D eigenvalue weighted by Gasteiger charge is -2.19. The van der Waals surface area contributed by atoms with E-state index in [1.807, 2.05) is 24.4 Å². The minimum absolute atomic E-state index is 0.134. The van der Waals surface area contributed by atoms with Crippen molar-refractivity contribution < 1.29 is 19.1 Å². The van der Waals surface area contributed by atoms with Crippen LogP contribution < -0.4 is 9.64 Å². The van der Waals surface area contributed by atoms with Crippen LogP contribution in [-0.2, 0) is 16.1 Å². The number of esters is 1. The third-order valence-electron chi connectivity index (χ3n) is 4.07. The lowest BCUT2D eigenvalue weighted by Crippen LogP contribution is -2.35. The second-order valence-electron chi connectivity index (χ2n) is 6.22. The van der Waals surface area contributed by atoms with E-state index in [4.69, 9.17) is 14.7 Å². The predicted octanol–water partition coefficient (Wildman–Crippen LogP) is 3.74. The highest BCUT2D eigenvalue weighted by Crippen LogP contribution is 2.17. The van der Waals surface area contributed by atoms with E-state index in [0.29, 0.717) is 23.6 Å². The van der Waals surface area contributed by atoms with Crippen molar-refractivity contribution in [3.05, 3.63) is 76.2 Å². The van der Waals surface area contributed by atoms with E-state index in [9.17, 15) is 9.59 Å². The fourth-order valence-corrected chi connectivity index (χ4v) is 3.21. The quantitative estimate of drug-likeness (QED) is 0.406. The number of benzene rings is 2. The lowest BCUT2D eigenvalue weighted by molar-refractivity contribution is -0.121. The first-order chi connectivity index (χ1) is 14.6. The maximum atomic E-state index is 12.4. The molecular formula is C22H19N3O4S. The van der Waals surface area contributed by atoms with Gasteiger partial charge in [0.15, 0.2) is 6.61 Å². The number of aryl methyl sites for hydroxylation is 1. The Kier molecular flexibility index (Phi) is 7.14. The molecule has 0 unspecified atom stereocenters. The molecule has 0 aliphatic heterocycles. The van der Waals surface area contributed by atoms with E-state index in [1.165, 1.54) is 4.90 Å². The Bertz CT molecular complexity index is 1040. The Morgan fingerprint density at radius 3 is 2.50 bits per heavy atom. The van der Waals surface area contributed by atoms with Crippen molar-refractivity contribution in [2.24, 2.45) is 0 Å². The predicted molar refractivity (Wildman–Crippen MR) is 112 cm³/mol. The van der Waals surface area contributed by atoms with Crippen molar-refractivity contribution in [3.8, 4) is 11.8 Å². The molecule has 0 radical (unpaired) electrons. The summed E-state index contributed by atoms with van der Waals surface area (Å²) in [7, 11) is 0. The van der Waals surface area contributed by atoms with Gasteiger partial charge in [-0.2, -0.15) is 5.26 Å². The largest absolute Gasteiger partial charge is 0.487 e. The number of ether oxygens (including phenoxy) is 2. The number of nitriles is 1. The normalized spacial score (nSPS) is 10.1. The number of anilines is 1. The van der Waals surface area contributed by atoms with Crippen LogP contribution in [0.2, 0.25) is 0 Å². The summed E-state index contributed by atoms with van der Waals surface area (Å²) in [5, 5.41) is 11.9. The highest BCUT2D eigenvalue weighted by atomic mass is 32.1. The van der Waals surface area contributed by atoms with Gasteiger partial charge >= 0.3 is 5.97 Å². The average molecular weight is 421 g/mol. The van der Waals surface area contributed by atoms with Crippen molar-refractivity contribution in [2.75, 3.05) is 18.1 Å². The second kappa shape index (κ2) is 10.2. The van der Waals surface area contributed by atoms with Crippen molar-refractivity contribution in [3.63, 3.8) is 0 Å². The zero-order valence-corrected chi connectivity index (χ0v) is 17.1. The van der Waals surface area contributed by atoms with Gasteiger partial charge in [-0.3, -0.25) is 9.69 Å². The summed E-state index contributed by atoms with van der Waals surface area (Å²) >= 11 is 1.56. The van der Waals surface area contributed by atoms with E-state index in [0.717, 1.165) is 10.7 Å². The van der Waals surface area contributed by atoms with Gasteiger partial charge < -0.3 is 9.47 Å². The van der Waals surface area contributed by atoms with Crippen molar-refractivity contribution in [1.82, 2.24) is 4.98 Å². The maximum Gasteiger partial charge on any atom is 0.338 e. The molecule has 0 saturated carbocycles. The van der Waals surface area contributed by atoms with Crippen LogP contribution in [0.25, 0.3) is 0 Å². The molecule has 3 aromatic rings. The molecule has 0 N–H and O–H groups in total. The maximum absolute atomic E-state index is 12.4. The zero-order valence-electron chi connectivity index (χ0n) is 16.3. The highest BCUT2D eigenvalue weighted by molar-refractivity contribution is 7.09. The molecular weight excluding hydrogens is 402 g/mol. The van der Waals surface area contributed by atoms with Crippen molar-refractivity contribution >= 4 is 28.9 Å². The fraction of sp³-hybridized carbons (Fsp3) is 0.182. The molecule has 0 aliphatic carbocycles. The topological polar surface area (TPSA) is 92.5 Å². The number of rotatable bonds is 8. The van der Waals surface area contributed by atoms with E-state index >= 15 is 0 Å². The molecule has 0 atom stereocenters. The number of para-hydroxylation sites is 1. The van der Waals surface area contributed by atoms with Crippen molar-refractivity contribution in [2.45, 2.75) is 13.5 Å². The van der Waals surface area contributed by atoms with Crippen LogP contribution >= 0.6 is 11.3 Å². The number of nitrogens with zero attached hydrogens (tertiary/aromatic N) is 3. The first-order valence-corrected chi connectivity index (χ1v) is 9.98. The van der Waals surface area contributed by atoms with E-state index < -0.39 is 18.5 Å². The molecule has 0 bridgehead atoms. The van der Waals surface area contributed by atoms with Gasteiger partial charge in [-0.25, -0.2) is 9.78 Å². The number of hydrogen-bond acceptors (Lipinski definition) is 7. The molecule has 1 heterocycles. The van der Waals surface area contributed by atoms with Gasteiger partial charge in [0, 0.05) is 11.1 Å². The van der Waals surface area contributed by atoms with Crippen LogP contribution in [0.3, 0.4) is 0 Å². The van der Waals surface area contributed by atoms with E-state index in [-0.39, 0.29) is 6.54 Å². The molecule has 152 valence electrons. The van der Waals surface area contributed by atoms with Crippen LogP contribution in [0.15, 0.2) is 60.0 Å². The number of thiazole rings is 1. The van der Waals surface area contributed by atoms with E-state index in [2.05, 4.69) is 4.98 Å². The number of hydrogen-bond donors (Lipinski definition) is 0. The summed E-state index contributed by atoms with van der Waals surface area (Å²) in [4.78, 5) is 30.3. The molecule has 1 aromatic heterocycles. The summed E-state index contributed by atoms with van der Waals surface area (Å²) in [5.41, 5.74) is 1.71. The third-order valence-corrected chi connectivity index (χ3v) is 4.89. The molecule has 1 amide bonds. The Morgan fingerprint density at radius 1 is 1.13 bits per heavy atom. The molecule has 30 heavy (non-hydrogen) atoms. The number of amides is 1. The van der Waals surface area contributed by atoms with Gasteiger partial charge in [0.2, 0.25) is 0 Å². The first-order valence-electron chi connectivity index (χ1n) is 9.10. The van der Waals surface area contributed by atoms with Crippen LogP contribution in [0.4, 0.5) is 5.69 Å². The molecule has 0 saturated heterocycles. The monoisotopic (exact) mass is 421 g/mol. The molecule has 2 aromatic carbocycles. The molecule has 0 spiro atoms. The van der Waals surface area contributed by atoms with Gasteiger partial charge in [-0.1, -0.05) is 18.2 Å². The smallest absolute Gasteiger partial charge is 0.338 e. The summed E-state index contributed by atoms with van der Waals surface area (Å²) in [6.45, 7) is 1.68. The summed E-state index contributed by atoms with van der Waals surface area (Å²) in [6.07, 6.45) is 0. The summed E-state index contributed by atoms with van der Waals surface area (Å²) in [5.74, 6) is -0.512. The number of carbonyl (C=O) groups excluding carboxylic acids is 2. The van der Waals surface area contributed by atoms with Gasteiger partial charge in [0.05, 0.1) is 22.3 Å². The minimum atomic E-state index is -0.630. The molecule has 7 nitrogen and oxygen atoms in total. The summed E-state index contributed by atoms with van der Waals surface area (Å²) in [6, 6.07) is 17.1. The Balaban J connectivity index is 1.53. The Hall–Kier alpha value is -3.70. The average Bonchev–Trinajstić information content (AvgIpc) is 3.20. The third kappa shape index (κ3) is 5.65. The summed E-state index contributed by atoms with van der Waals surface area (Å²) < 4.78 is 10.8. The fourth-order valence-electron chi connectivity index (χ4n) is 2.61. The minimum Gasteiger partial charge on any atom is -0.487 e. The van der Waals surface area contributed by atoms with Crippen LogP contribution in [0.5, 0.6) is 5.75 Å². The van der Waals surface area contributed by atoms with E-state index in [1.54, 1.807) is 59.9 Å². The van der Waals surface area contributed by atoms with Crippen molar-refractivity contribution in [1.29, 1.82) is 5.26 Å². The van der Waals surface area contributed by atoms with Gasteiger partial charge in [0.1, 0.15) is 18.9 Å². The van der Waals surface area contributed by atoms with Crippen LogP contribution in [0, 0.1) is 18.3 Å². The van der Waals surface area contributed by atoms with Gasteiger partial charge in [-0.15, -0.1) is 11.3 Å². The molecule has 0 aliphatic rings. The van der Waals surface area contributed by atoms with Gasteiger partial charge in [-0.05, 0) is 43.3 Å². The molecule has 8 heteroatoms. The van der Waals surface area contributed by atoms with Gasteiger partial charge in [0.25, 0.3) is 5.91 Å². The van der Waals surface area contributed by atoms with Crippen LogP contribution in [0.1, 0.15) is 21.1 Å². The highest BCUT2D eigenvalue weighted by Gasteiger charge is 2.18. The standard InChI is InChI=1S/C22H19N3O4S/c1-16-24-18(15-30-16)13-28-20-9-7-17(8-10-20)22(27)29-14-21(26)25(12-11-23)19-5-3-2-4-6-19/h2-10,15H,12-14H2,1H3. The van der Waals surface area contributed by atoms with Crippen LogP contribution in [-0.4, -0.2) is 30.0 Å². The first kappa shape index (κ1) is 21.0. The lowest BCUT2D eigenvalue weighted by atomic mass is 10.2. The Labute approximate surface area is 178 Å². The number of aromatic nitrogens is 1. The number of carbonyl (C=O) groups is 2. The SMILES string of the molecule is Cc1nc(COc2ccc(C(=O)OCC(=O)N(CC#N)c3ccccc3)cc2)cs1. The molecule has 3 rings (SSSR count).